The molecule has 1 aliphatic carbocycles. The largest absolute Gasteiger partial charge is 0.456 e. The highest BCUT2D eigenvalue weighted by atomic mass is 16.7. The highest BCUT2D eigenvalue weighted by molar-refractivity contribution is 6.39. The molecule has 3 heterocycles. The lowest BCUT2D eigenvalue weighted by Crippen LogP contribution is -2.64. The fourth-order valence-corrected chi connectivity index (χ4v) is 9.42. The summed E-state index contributed by atoms with van der Waals surface area (Å²) in [7, 11) is 4.61. The quantitative estimate of drug-likeness (QED) is 0.185. The number of cyclic esters (lactones) is 1. The number of Topliss-reactive ketones (excluding diaryl/α,β-unsaturated/α-hetero) is 2. The van der Waals surface area contributed by atoms with Crippen LogP contribution in [0.15, 0.2) is 36.0 Å². The molecule has 1 saturated carbocycles. The van der Waals surface area contributed by atoms with Crippen LogP contribution in [0.4, 0.5) is 0 Å². The number of ether oxygens (including phenoxy) is 5. The summed E-state index contributed by atoms with van der Waals surface area (Å²) in [6.45, 7) is 13.1. The molecule has 57 heavy (non-hydrogen) atoms. The molecule has 0 spiro atoms. The normalized spacial score (nSPS) is 41.0. The Morgan fingerprint density at radius 3 is 2.25 bits per heavy atom. The lowest BCUT2D eigenvalue weighted by molar-refractivity contribution is -0.302. The Labute approximate surface area is 339 Å². The van der Waals surface area contributed by atoms with Gasteiger partial charge in [-0.1, -0.05) is 44.6 Å². The summed E-state index contributed by atoms with van der Waals surface area (Å²) in [5.41, 5.74) is 1.61. The van der Waals surface area contributed by atoms with Gasteiger partial charge in [0.25, 0.3) is 11.7 Å². The number of esters is 1. The van der Waals surface area contributed by atoms with E-state index in [-0.39, 0.29) is 49.5 Å². The summed E-state index contributed by atoms with van der Waals surface area (Å²) in [6.07, 6.45) is 4.93. The Hall–Kier alpha value is -2.78. The second-order valence-electron chi connectivity index (χ2n) is 17.3. The average Bonchev–Trinajstić information content (AvgIpc) is 3.18. The van der Waals surface area contributed by atoms with Crippen LogP contribution < -0.4 is 0 Å². The van der Waals surface area contributed by atoms with Crippen molar-refractivity contribution in [2.45, 2.75) is 160 Å². The molecule has 14 unspecified atom stereocenters. The van der Waals surface area contributed by atoms with Crippen molar-refractivity contribution in [1.82, 2.24) is 4.90 Å². The number of rotatable bonds is 7. The Balaban J connectivity index is 1.78. The van der Waals surface area contributed by atoms with Gasteiger partial charge in [-0.2, -0.15) is 0 Å². The molecule has 1 amide bonds. The predicted octanol–water partition coefficient (Wildman–Crippen LogP) is 4.64. The maximum Gasteiger partial charge on any atom is 0.329 e. The third kappa shape index (κ3) is 11.3. The van der Waals surface area contributed by atoms with Gasteiger partial charge in [-0.3, -0.25) is 14.4 Å². The standard InChI is InChI=1S/C44H69NO12/c1-10-13-31-19-25(2)18-26(3)20-37(54-8)40-38(55-9)22-28(5)44(52,57-40)41(49)42(50)45-17-12-11-14-32(45)43(51)56-39(29(6)34(47)24-35(31)48)27(4)21-30-15-16-33(46)36(23-30)53-7/h10,19,21,26,28-34,36-40,46-47,52H,1,11-18,20,22-24H2,2-9H3/b25-19+,27-21+. The first-order valence-corrected chi connectivity index (χ1v) is 20.9. The average molecular weight is 804 g/mol. The van der Waals surface area contributed by atoms with Crippen LogP contribution in [0.1, 0.15) is 105 Å². The van der Waals surface area contributed by atoms with Gasteiger partial charge in [0.1, 0.15) is 24.0 Å². The second-order valence-corrected chi connectivity index (χ2v) is 17.3. The van der Waals surface area contributed by atoms with Crippen LogP contribution in [0.25, 0.3) is 0 Å². The summed E-state index contributed by atoms with van der Waals surface area (Å²) < 4.78 is 29.7. The molecule has 3 aliphatic heterocycles. The Bertz CT molecular complexity index is 1480. The van der Waals surface area contributed by atoms with Crippen LogP contribution in [0.3, 0.4) is 0 Å². The maximum absolute atomic E-state index is 14.3. The van der Waals surface area contributed by atoms with Gasteiger partial charge in [0, 0.05) is 52.0 Å². The van der Waals surface area contributed by atoms with E-state index in [1.54, 1.807) is 27.0 Å². The molecule has 2 bridgehead atoms. The van der Waals surface area contributed by atoms with Gasteiger partial charge in [0.2, 0.25) is 5.79 Å². The minimum Gasteiger partial charge on any atom is -0.456 e. The highest BCUT2D eigenvalue weighted by Gasteiger charge is 2.56. The lowest BCUT2D eigenvalue weighted by atomic mass is 9.81. The number of aliphatic hydroxyl groups is 3. The van der Waals surface area contributed by atoms with Gasteiger partial charge in [0.15, 0.2) is 0 Å². The first kappa shape index (κ1) is 46.9. The molecule has 0 aromatic heterocycles. The number of ketones is 2. The summed E-state index contributed by atoms with van der Waals surface area (Å²) in [5.74, 6) is -7.76. The van der Waals surface area contributed by atoms with Crippen LogP contribution >= 0.6 is 0 Å². The molecule has 0 aromatic rings. The van der Waals surface area contributed by atoms with E-state index in [4.69, 9.17) is 23.7 Å². The number of nitrogens with zero attached hydrogens (tertiary/aromatic N) is 1. The summed E-state index contributed by atoms with van der Waals surface area (Å²) in [6, 6.07) is -1.14. The molecule has 13 nitrogen and oxygen atoms in total. The minimum absolute atomic E-state index is 0.00988. The third-order valence-corrected chi connectivity index (χ3v) is 12.9. The lowest BCUT2D eigenvalue weighted by Gasteiger charge is -2.47. The van der Waals surface area contributed by atoms with E-state index >= 15 is 0 Å². The smallest absolute Gasteiger partial charge is 0.329 e. The molecule has 322 valence electrons. The van der Waals surface area contributed by atoms with Gasteiger partial charge in [-0.25, -0.2) is 4.79 Å². The number of allylic oxidation sites excluding steroid dienone is 4. The monoisotopic (exact) mass is 803 g/mol. The van der Waals surface area contributed by atoms with E-state index in [9.17, 15) is 34.5 Å². The fourth-order valence-electron chi connectivity index (χ4n) is 9.42. The minimum atomic E-state index is -2.51. The van der Waals surface area contributed by atoms with Crippen molar-refractivity contribution in [2.75, 3.05) is 27.9 Å². The number of hydrogen-bond donors (Lipinski definition) is 3. The van der Waals surface area contributed by atoms with Crippen molar-refractivity contribution < 1.29 is 58.2 Å². The molecule has 3 fully saturated rings. The SMILES string of the molecule is C=CCC1/C=C(\C)CC(C)CC(OC)C2OC(O)(C(=O)C(=O)N3CCCCC3C(=O)OC(/C(C)=C/C3CCC(O)C(OC)C3)C(C)C(O)CC1=O)C(C)CC2OC. The van der Waals surface area contributed by atoms with E-state index in [2.05, 4.69) is 6.58 Å². The van der Waals surface area contributed by atoms with E-state index in [0.29, 0.717) is 56.9 Å². The number of aliphatic hydroxyl groups excluding tert-OH is 2. The zero-order chi connectivity index (χ0) is 42.2. The first-order chi connectivity index (χ1) is 27.0. The van der Waals surface area contributed by atoms with E-state index in [0.717, 1.165) is 5.57 Å². The molecule has 2 saturated heterocycles. The fraction of sp³-hybridized carbons (Fsp3) is 0.773. The number of piperidine rings is 1. The number of fused-ring (bicyclic) bond motifs is 3. The maximum atomic E-state index is 14.3. The summed E-state index contributed by atoms with van der Waals surface area (Å²) in [4.78, 5) is 57.8. The van der Waals surface area contributed by atoms with Gasteiger partial charge < -0.3 is 43.9 Å². The van der Waals surface area contributed by atoms with Gasteiger partial charge >= 0.3 is 5.97 Å². The van der Waals surface area contributed by atoms with Crippen molar-refractivity contribution in [3.8, 4) is 0 Å². The van der Waals surface area contributed by atoms with Crippen molar-refractivity contribution in [3.63, 3.8) is 0 Å². The topological polar surface area (TPSA) is 178 Å². The number of methoxy groups -OCH3 is 3. The molecule has 4 rings (SSSR count). The van der Waals surface area contributed by atoms with Crippen LogP contribution in [0.2, 0.25) is 0 Å². The van der Waals surface area contributed by atoms with Gasteiger partial charge in [-0.15, -0.1) is 6.58 Å². The molecule has 14 atom stereocenters. The van der Waals surface area contributed by atoms with Gasteiger partial charge in [-0.05, 0) is 95.5 Å². The second kappa shape index (κ2) is 21.0. The zero-order valence-corrected chi connectivity index (χ0v) is 35.4. The summed E-state index contributed by atoms with van der Waals surface area (Å²) >= 11 is 0. The Kier molecular flexibility index (Phi) is 17.2. The predicted molar refractivity (Wildman–Crippen MR) is 213 cm³/mol. The molecular weight excluding hydrogens is 734 g/mol. The molecule has 0 aromatic carbocycles. The Morgan fingerprint density at radius 1 is 0.930 bits per heavy atom. The molecule has 3 N–H and O–H groups in total. The highest BCUT2D eigenvalue weighted by Crippen LogP contribution is 2.39. The van der Waals surface area contributed by atoms with E-state index < -0.39 is 83.9 Å². The van der Waals surface area contributed by atoms with Crippen molar-refractivity contribution in [3.05, 3.63) is 36.0 Å². The zero-order valence-electron chi connectivity index (χ0n) is 35.4. The van der Waals surface area contributed by atoms with E-state index in [1.165, 1.54) is 19.1 Å². The van der Waals surface area contributed by atoms with Crippen LogP contribution in [0.5, 0.6) is 0 Å². The molecule has 0 radical (unpaired) electrons. The number of hydrogen-bond acceptors (Lipinski definition) is 12. The Morgan fingerprint density at radius 2 is 1.60 bits per heavy atom. The van der Waals surface area contributed by atoms with Crippen molar-refractivity contribution in [1.29, 1.82) is 0 Å². The number of carbonyl (C=O) groups excluding carboxylic acids is 4. The number of amides is 1. The van der Waals surface area contributed by atoms with Crippen LogP contribution in [-0.2, 0) is 42.9 Å². The molecular formula is C44H69NO12. The van der Waals surface area contributed by atoms with Crippen molar-refractivity contribution in [2.24, 2.45) is 29.6 Å². The van der Waals surface area contributed by atoms with Crippen molar-refractivity contribution >= 4 is 23.4 Å². The third-order valence-electron chi connectivity index (χ3n) is 12.9. The summed E-state index contributed by atoms with van der Waals surface area (Å²) in [5, 5.41) is 34.1. The molecule has 4 aliphatic rings. The van der Waals surface area contributed by atoms with Gasteiger partial charge in [0.05, 0.1) is 30.5 Å². The van der Waals surface area contributed by atoms with Crippen LogP contribution in [-0.4, -0.2) is 126 Å². The van der Waals surface area contributed by atoms with Crippen LogP contribution in [0, 0.1) is 29.6 Å². The van der Waals surface area contributed by atoms with E-state index in [1.807, 2.05) is 32.9 Å². The first-order valence-electron chi connectivity index (χ1n) is 20.9. The number of carbonyl (C=O) groups is 4. The molecule has 13 heteroatoms.